The van der Waals surface area contributed by atoms with Gasteiger partial charge in [-0.2, -0.15) is 0 Å². The van der Waals surface area contributed by atoms with Gasteiger partial charge in [0.1, 0.15) is 5.71 Å². The first-order chi connectivity index (χ1) is 9.57. The molecule has 1 aliphatic rings. The first kappa shape index (κ1) is 13.3. The van der Waals surface area contributed by atoms with E-state index >= 15 is 0 Å². The number of carbonyl (C=O) groups is 1. The highest BCUT2D eigenvalue weighted by atomic mass is 32.1. The van der Waals surface area contributed by atoms with Crippen LogP contribution in [0.25, 0.3) is 0 Å². The van der Waals surface area contributed by atoms with Crippen LogP contribution in [0.15, 0.2) is 28.9 Å². The van der Waals surface area contributed by atoms with Gasteiger partial charge in [0.25, 0.3) is 5.91 Å². The Morgan fingerprint density at radius 2 is 2.40 bits per heavy atom. The molecule has 104 valence electrons. The molecule has 0 aromatic carbocycles. The maximum absolute atomic E-state index is 12.3. The first-order valence-corrected chi connectivity index (χ1v) is 7.79. The SMILES string of the molecule is Cc1cnc(NC(=O)C2(C)CC(c3cccs3)=NO2)s1. The molecule has 0 radical (unpaired) electrons. The number of nitrogens with one attached hydrogen (secondary N) is 1. The van der Waals surface area contributed by atoms with Gasteiger partial charge in [-0.3, -0.25) is 10.1 Å². The van der Waals surface area contributed by atoms with E-state index in [9.17, 15) is 4.79 Å². The minimum Gasteiger partial charge on any atom is -0.379 e. The molecule has 1 N–H and O–H groups in total. The van der Waals surface area contributed by atoms with Gasteiger partial charge in [-0.25, -0.2) is 4.98 Å². The summed E-state index contributed by atoms with van der Waals surface area (Å²) in [6.07, 6.45) is 2.19. The van der Waals surface area contributed by atoms with Crippen molar-refractivity contribution in [1.29, 1.82) is 0 Å². The molecule has 0 saturated carbocycles. The molecular weight excluding hydrogens is 294 g/mol. The van der Waals surface area contributed by atoms with Crippen molar-refractivity contribution in [2.24, 2.45) is 5.16 Å². The standard InChI is InChI=1S/C13H13N3O2S2/c1-8-7-14-12(20-8)15-11(17)13(2)6-9(16-18-13)10-4-3-5-19-10/h3-5,7H,6H2,1-2H3,(H,14,15,17). The van der Waals surface area contributed by atoms with E-state index in [0.29, 0.717) is 11.6 Å². The average Bonchev–Trinajstić information content (AvgIpc) is 3.10. The molecule has 0 aliphatic carbocycles. The van der Waals surface area contributed by atoms with Crippen molar-refractivity contribution < 1.29 is 9.63 Å². The molecule has 1 unspecified atom stereocenters. The zero-order chi connectivity index (χ0) is 14.2. The van der Waals surface area contributed by atoms with Crippen LogP contribution in [0, 0.1) is 6.92 Å². The topological polar surface area (TPSA) is 63.6 Å². The molecular formula is C13H13N3O2S2. The fourth-order valence-corrected chi connectivity index (χ4v) is 3.24. The number of aromatic nitrogens is 1. The summed E-state index contributed by atoms with van der Waals surface area (Å²) < 4.78 is 0. The molecule has 0 fully saturated rings. The van der Waals surface area contributed by atoms with Crippen molar-refractivity contribution in [2.75, 3.05) is 5.32 Å². The number of thiazole rings is 1. The van der Waals surface area contributed by atoms with Gasteiger partial charge in [-0.15, -0.1) is 22.7 Å². The monoisotopic (exact) mass is 307 g/mol. The third-order valence-corrected chi connectivity index (χ3v) is 4.74. The molecule has 1 aliphatic heterocycles. The summed E-state index contributed by atoms with van der Waals surface area (Å²) in [6.45, 7) is 3.69. The van der Waals surface area contributed by atoms with Gasteiger partial charge in [-0.1, -0.05) is 11.2 Å². The lowest BCUT2D eigenvalue weighted by Gasteiger charge is -2.19. The van der Waals surface area contributed by atoms with Crippen molar-refractivity contribution >= 4 is 39.4 Å². The van der Waals surface area contributed by atoms with Crippen LogP contribution in [0.3, 0.4) is 0 Å². The van der Waals surface area contributed by atoms with E-state index in [0.717, 1.165) is 15.5 Å². The largest absolute Gasteiger partial charge is 0.379 e. The second-order valence-electron chi connectivity index (χ2n) is 4.74. The van der Waals surface area contributed by atoms with Crippen molar-refractivity contribution in [1.82, 2.24) is 4.98 Å². The van der Waals surface area contributed by atoms with Gasteiger partial charge in [0.05, 0.1) is 4.88 Å². The number of carbonyl (C=O) groups excluding carboxylic acids is 1. The summed E-state index contributed by atoms with van der Waals surface area (Å²) in [4.78, 5) is 23.9. The lowest BCUT2D eigenvalue weighted by Crippen LogP contribution is -2.40. The zero-order valence-corrected chi connectivity index (χ0v) is 12.7. The number of hydrogen-bond donors (Lipinski definition) is 1. The Bertz CT molecular complexity index is 663. The van der Waals surface area contributed by atoms with E-state index in [-0.39, 0.29) is 5.91 Å². The van der Waals surface area contributed by atoms with Crippen LogP contribution in [-0.2, 0) is 9.63 Å². The van der Waals surface area contributed by atoms with Crippen LogP contribution in [0.1, 0.15) is 23.1 Å². The van der Waals surface area contributed by atoms with Crippen LogP contribution in [0.5, 0.6) is 0 Å². The summed E-state index contributed by atoms with van der Waals surface area (Å²) >= 11 is 3.03. The first-order valence-electron chi connectivity index (χ1n) is 6.10. The van der Waals surface area contributed by atoms with E-state index in [4.69, 9.17) is 4.84 Å². The molecule has 20 heavy (non-hydrogen) atoms. The van der Waals surface area contributed by atoms with Gasteiger partial charge >= 0.3 is 0 Å². The summed E-state index contributed by atoms with van der Waals surface area (Å²) in [5.74, 6) is -0.220. The Balaban J connectivity index is 1.70. The Kier molecular flexibility index (Phi) is 3.31. The molecule has 2 aromatic heterocycles. The Hall–Kier alpha value is -1.73. The van der Waals surface area contributed by atoms with Crippen molar-refractivity contribution in [3.63, 3.8) is 0 Å². The maximum atomic E-state index is 12.3. The lowest BCUT2D eigenvalue weighted by atomic mass is 9.98. The number of rotatable bonds is 3. The van der Waals surface area contributed by atoms with Gasteiger partial charge in [0, 0.05) is 17.5 Å². The van der Waals surface area contributed by atoms with E-state index in [1.807, 2.05) is 24.4 Å². The van der Waals surface area contributed by atoms with Gasteiger partial charge < -0.3 is 4.84 Å². The Labute approximate surface area is 124 Å². The quantitative estimate of drug-likeness (QED) is 0.948. The minimum atomic E-state index is -0.973. The van der Waals surface area contributed by atoms with Crippen LogP contribution in [0.4, 0.5) is 5.13 Å². The maximum Gasteiger partial charge on any atom is 0.273 e. The molecule has 7 heteroatoms. The number of hydrogen-bond acceptors (Lipinski definition) is 6. The molecule has 3 heterocycles. The minimum absolute atomic E-state index is 0.220. The van der Waals surface area contributed by atoms with Gasteiger partial charge in [-0.05, 0) is 25.3 Å². The number of anilines is 1. The summed E-state index contributed by atoms with van der Waals surface area (Å²) in [6, 6.07) is 3.93. The van der Waals surface area contributed by atoms with Crippen LogP contribution in [-0.4, -0.2) is 22.2 Å². The fourth-order valence-electron chi connectivity index (χ4n) is 1.88. The molecule has 2 aromatic rings. The van der Waals surface area contributed by atoms with E-state index in [2.05, 4.69) is 15.5 Å². The lowest BCUT2D eigenvalue weighted by molar-refractivity contribution is -0.135. The molecule has 0 spiro atoms. The molecule has 5 nitrogen and oxygen atoms in total. The second kappa shape index (κ2) is 4.99. The van der Waals surface area contributed by atoms with Crippen molar-refractivity contribution in [2.45, 2.75) is 25.9 Å². The number of oxime groups is 1. The van der Waals surface area contributed by atoms with Crippen molar-refractivity contribution in [3.05, 3.63) is 33.5 Å². The number of thiophene rings is 1. The average molecular weight is 307 g/mol. The number of nitrogens with zero attached hydrogens (tertiary/aromatic N) is 2. The highest BCUT2D eigenvalue weighted by molar-refractivity contribution is 7.15. The molecule has 1 amide bonds. The predicted octanol–water partition coefficient (Wildman–Crippen LogP) is 3.03. The summed E-state index contributed by atoms with van der Waals surface area (Å²) in [5, 5.41) is 9.40. The highest BCUT2D eigenvalue weighted by Gasteiger charge is 2.42. The number of amides is 1. The van der Waals surface area contributed by atoms with E-state index < -0.39 is 5.60 Å². The third-order valence-electron chi connectivity index (χ3n) is 2.99. The summed E-state index contributed by atoms with van der Waals surface area (Å²) in [7, 11) is 0. The van der Waals surface area contributed by atoms with Gasteiger partial charge in [0.15, 0.2) is 5.13 Å². The molecule has 3 rings (SSSR count). The molecule has 0 saturated heterocycles. The normalized spacial score (nSPS) is 21.4. The van der Waals surface area contributed by atoms with E-state index in [1.54, 1.807) is 24.5 Å². The van der Waals surface area contributed by atoms with Crippen molar-refractivity contribution in [3.8, 4) is 0 Å². The Morgan fingerprint density at radius 1 is 1.55 bits per heavy atom. The zero-order valence-electron chi connectivity index (χ0n) is 11.0. The highest BCUT2D eigenvalue weighted by Crippen LogP contribution is 2.30. The smallest absolute Gasteiger partial charge is 0.273 e. The van der Waals surface area contributed by atoms with Gasteiger partial charge in [0.2, 0.25) is 5.60 Å². The fraction of sp³-hybridized carbons (Fsp3) is 0.308. The van der Waals surface area contributed by atoms with Crippen LogP contribution in [0.2, 0.25) is 0 Å². The molecule has 1 atom stereocenters. The predicted molar refractivity (Wildman–Crippen MR) is 80.4 cm³/mol. The second-order valence-corrected chi connectivity index (χ2v) is 6.93. The Morgan fingerprint density at radius 3 is 3.05 bits per heavy atom. The van der Waals surface area contributed by atoms with Crippen LogP contribution < -0.4 is 5.32 Å². The van der Waals surface area contributed by atoms with E-state index in [1.165, 1.54) is 11.3 Å². The third kappa shape index (κ3) is 2.46. The molecule has 0 bridgehead atoms. The summed E-state index contributed by atoms with van der Waals surface area (Å²) in [5.41, 5.74) is -0.160. The number of aryl methyl sites for hydroxylation is 1. The van der Waals surface area contributed by atoms with Crippen LogP contribution >= 0.6 is 22.7 Å².